The second-order valence-corrected chi connectivity index (χ2v) is 17.6. The molecule has 2 aliphatic carbocycles. The first-order chi connectivity index (χ1) is 26.6. The molecule has 3 aromatic rings. The van der Waals surface area contributed by atoms with E-state index >= 15 is 0 Å². The van der Waals surface area contributed by atoms with Gasteiger partial charge in [0.05, 0.1) is 5.75 Å². The van der Waals surface area contributed by atoms with E-state index in [-0.39, 0.29) is 28.9 Å². The fourth-order valence-electron chi connectivity index (χ4n) is 8.96. The van der Waals surface area contributed by atoms with Gasteiger partial charge in [0.25, 0.3) is 5.91 Å². The van der Waals surface area contributed by atoms with Gasteiger partial charge in [-0.1, -0.05) is 85.1 Å². The van der Waals surface area contributed by atoms with Crippen LogP contribution in [0.3, 0.4) is 0 Å². The van der Waals surface area contributed by atoms with Crippen LogP contribution >= 0.6 is 23.4 Å². The van der Waals surface area contributed by atoms with Crippen molar-refractivity contribution in [3.05, 3.63) is 101 Å². The summed E-state index contributed by atoms with van der Waals surface area (Å²) in [6.07, 6.45) is 17.6. The first-order valence-electron chi connectivity index (χ1n) is 20.6. The van der Waals surface area contributed by atoms with Crippen LogP contribution in [0.2, 0.25) is 5.02 Å². The molecule has 0 aromatic heterocycles. The van der Waals surface area contributed by atoms with Gasteiger partial charge in [-0.25, -0.2) is 0 Å². The summed E-state index contributed by atoms with van der Waals surface area (Å²) < 4.78 is 5.83. The van der Waals surface area contributed by atoms with Crippen LogP contribution in [0.5, 0.6) is 5.75 Å². The maximum Gasteiger partial charge on any atom is 0.260 e. The topological polar surface area (TPSA) is 73.9 Å². The zero-order chi connectivity index (χ0) is 39.1. The number of ether oxygens (including phenoxy) is 1. The Balaban J connectivity index is 0.000000223. The molecule has 1 aliphatic heterocycles. The molecule has 55 heavy (non-hydrogen) atoms. The number of halogens is 1. The first kappa shape index (κ1) is 43.1. The number of nitrogens with one attached hydrogen (secondary N) is 2. The van der Waals surface area contributed by atoms with Crippen molar-refractivity contribution in [3.8, 4) is 5.75 Å². The molecule has 9 heteroatoms. The minimum absolute atomic E-state index is 0.0100. The van der Waals surface area contributed by atoms with Crippen LogP contribution in [0, 0.1) is 0 Å². The highest BCUT2D eigenvalue weighted by Gasteiger charge is 2.41. The van der Waals surface area contributed by atoms with Crippen LogP contribution in [-0.2, 0) is 22.4 Å². The minimum Gasteiger partial charge on any atom is -0.481 e. The molecule has 2 N–H and O–H groups in total. The van der Waals surface area contributed by atoms with E-state index in [1.165, 1.54) is 49.9 Å². The third-order valence-electron chi connectivity index (χ3n) is 12.3. The maximum atomic E-state index is 12.8. The van der Waals surface area contributed by atoms with Gasteiger partial charge in [0.1, 0.15) is 5.75 Å². The molecule has 7 nitrogen and oxygen atoms in total. The van der Waals surface area contributed by atoms with E-state index in [4.69, 9.17) is 16.3 Å². The van der Waals surface area contributed by atoms with E-state index in [2.05, 4.69) is 77.0 Å². The standard InChI is InChI=1S/C28H38N2O2.C18H27ClN2OS/c1-23(32-26-14-8-5-9-15-26)27(31)29-25-16-18-28(19-17-25,22-24-12-6-4-7-13-24)30-20-10-2-3-11-21-30;1-21(2)18(12-14-4-6-15(19)7-5-14)10-8-16(9-11-18)20-17(22)13-23-3/h4-9,12-15,23,25H,2-3,10-11,16-22H2,1H3,(H,29,31);4-7,16H,8-13H2,1-3H3,(H,20,22). The van der Waals surface area contributed by atoms with Crippen molar-refractivity contribution in [2.45, 2.75) is 126 Å². The molecule has 1 unspecified atom stereocenters. The summed E-state index contributed by atoms with van der Waals surface area (Å²) in [5.41, 5.74) is 3.16. The van der Waals surface area contributed by atoms with Crippen molar-refractivity contribution in [1.29, 1.82) is 0 Å². The van der Waals surface area contributed by atoms with E-state index in [0.717, 1.165) is 75.0 Å². The van der Waals surface area contributed by atoms with Gasteiger partial charge < -0.3 is 20.3 Å². The molecule has 1 saturated heterocycles. The number of carbonyl (C=O) groups is 2. The SMILES string of the molecule is CC(Oc1ccccc1)C(=O)NC1CCC(Cc2ccccc2)(N2CCCCCC2)CC1.CSCC(=O)NC1CCC(Cc2ccc(Cl)cc2)(N(C)C)CC1. The Morgan fingerprint density at radius 3 is 1.91 bits per heavy atom. The number of hydrogen-bond donors (Lipinski definition) is 2. The van der Waals surface area contributed by atoms with E-state index < -0.39 is 6.10 Å². The van der Waals surface area contributed by atoms with Gasteiger partial charge in [0, 0.05) is 28.2 Å². The highest BCUT2D eigenvalue weighted by Crippen LogP contribution is 2.39. The summed E-state index contributed by atoms with van der Waals surface area (Å²) >= 11 is 7.57. The third-order valence-corrected chi connectivity index (χ3v) is 13.1. The highest BCUT2D eigenvalue weighted by molar-refractivity contribution is 7.99. The fraction of sp³-hybridized carbons (Fsp3) is 0.565. The van der Waals surface area contributed by atoms with Crippen LogP contribution in [0.4, 0.5) is 0 Å². The summed E-state index contributed by atoms with van der Waals surface area (Å²) in [5, 5.41) is 7.23. The average molecular weight is 790 g/mol. The molecular formula is C46H65ClN4O3S. The van der Waals surface area contributed by atoms with Gasteiger partial charge in [0.15, 0.2) is 6.10 Å². The molecule has 2 amide bonds. The fourth-order valence-corrected chi connectivity index (χ4v) is 9.44. The average Bonchev–Trinajstić information content (AvgIpc) is 3.49. The highest BCUT2D eigenvalue weighted by atomic mass is 35.5. The summed E-state index contributed by atoms with van der Waals surface area (Å²) in [6.45, 7) is 4.26. The summed E-state index contributed by atoms with van der Waals surface area (Å²) in [7, 11) is 4.34. The normalized spacial score (nSPS) is 25.1. The van der Waals surface area contributed by atoms with E-state index in [0.29, 0.717) is 11.8 Å². The predicted molar refractivity (Wildman–Crippen MR) is 230 cm³/mol. The summed E-state index contributed by atoms with van der Waals surface area (Å²) in [6, 6.07) is 29.3. The number of likely N-dealkylation sites (tertiary alicyclic amines) is 1. The van der Waals surface area contributed by atoms with Crippen molar-refractivity contribution in [3.63, 3.8) is 0 Å². The molecule has 0 spiro atoms. The number of nitrogens with zero attached hydrogens (tertiary/aromatic N) is 2. The lowest BCUT2D eigenvalue weighted by Gasteiger charge is -2.48. The predicted octanol–water partition coefficient (Wildman–Crippen LogP) is 8.97. The lowest BCUT2D eigenvalue weighted by Crippen LogP contribution is -2.55. The van der Waals surface area contributed by atoms with Crippen molar-refractivity contribution < 1.29 is 14.3 Å². The van der Waals surface area contributed by atoms with Gasteiger partial charge in [-0.2, -0.15) is 11.8 Å². The molecule has 3 aliphatic rings. The molecule has 300 valence electrons. The number of likely N-dealkylation sites (N-methyl/N-ethyl adjacent to an activating group) is 1. The van der Waals surface area contributed by atoms with E-state index in [1.54, 1.807) is 11.8 Å². The number of thioether (sulfide) groups is 1. The smallest absolute Gasteiger partial charge is 0.260 e. The van der Waals surface area contributed by atoms with Gasteiger partial charge in [-0.15, -0.1) is 0 Å². The molecular weight excluding hydrogens is 724 g/mol. The molecule has 3 fully saturated rings. The Labute approximate surface area is 340 Å². The van der Waals surface area contributed by atoms with Crippen LogP contribution in [0.25, 0.3) is 0 Å². The Bertz CT molecular complexity index is 1570. The molecule has 3 aromatic carbocycles. The van der Waals surface area contributed by atoms with Crippen molar-refractivity contribution in [2.24, 2.45) is 0 Å². The Morgan fingerprint density at radius 2 is 1.33 bits per heavy atom. The largest absolute Gasteiger partial charge is 0.481 e. The van der Waals surface area contributed by atoms with Gasteiger partial charge in [-0.05, 0) is 153 Å². The van der Waals surface area contributed by atoms with Crippen LogP contribution in [0.15, 0.2) is 84.9 Å². The third kappa shape index (κ3) is 13.0. The molecule has 0 bridgehead atoms. The Hall–Kier alpha value is -3.04. The lowest BCUT2D eigenvalue weighted by molar-refractivity contribution is -0.128. The van der Waals surface area contributed by atoms with E-state index in [9.17, 15) is 9.59 Å². The Morgan fingerprint density at radius 1 is 0.782 bits per heavy atom. The van der Waals surface area contributed by atoms with Crippen LogP contribution in [0.1, 0.15) is 95.1 Å². The number of para-hydroxylation sites is 1. The summed E-state index contributed by atoms with van der Waals surface area (Å²) in [5.74, 6) is 1.45. The second-order valence-electron chi connectivity index (χ2n) is 16.3. The van der Waals surface area contributed by atoms with Gasteiger partial charge >= 0.3 is 0 Å². The number of benzene rings is 3. The molecule has 0 radical (unpaired) electrons. The maximum absolute atomic E-state index is 12.8. The lowest BCUT2D eigenvalue weighted by atomic mass is 9.74. The molecule has 1 atom stereocenters. The van der Waals surface area contributed by atoms with Gasteiger partial charge in [-0.3, -0.25) is 14.5 Å². The zero-order valence-electron chi connectivity index (χ0n) is 33.7. The second kappa shape index (κ2) is 21.5. The van der Waals surface area contributed by atoms with Crippen LogP contribution in [-0.4, -0.2) is 90.1 Å². The van der Waals surface area contributed by atoms with Crippen molar-refractivity contribution >= 4 is 35.2 Å². The number of amides is 2. The molecule has 2 saturated carbocycles. The molecule has 1 heterocycles. The summed E-state index contributed by atoms with van der Waals surface area (Å²) in [4.78, 5) is 29.7. The van der Waals surface area contributed by atoms with E-state index in [1.807, 2.05) is 55.6 Å². The number of hydrogen-bond acceptors (Lipinski definition) is 6. The number of carbonyl (C=O) groups excluding carboxylic acids is 2. The zero-order valence-corrected chi connectivity index (χ0v) is 35.3. The van der Waals surface area contributed by atoms with Crippen molar-refractivity contribution in [2.75, 3.05) is 39.2 Å². The quantitative estimate of drug-likeness (QED) is 0.180. The first-order valence-corrected chi connectivity index (χ1v) is 22.4. The molecule has 6 rings (SSSR count). The van der Waals surface area contributed by atoms with Crippen LogP contribution < -0.4 is 15.4 Å². The van der Waals surface area contributed by atoms with Gasteiger partial charge in [0.2, 0.25) is 5.91 Å². The minimum atomic E-state index is -0.487. The monoisotopic (exact) mass is 788 g/mol. The Kier molecular flexibility index (Phi) is 16.8. The van der Waals surface area contributed by atoms with Crippen molar-refractivity contribution in [1.82, 2.24) is 20.4 Å². The number of rotatable bonds is 13.